The molecule has 0 aromatic heterocycles. The highest BCUT2D eigenvalue weighted by Gasteiger charge is 2.84. The van der Waals surface area contributed by atoms with Gasteiger partial charge < -0.3 is 4.74 Å². The average Bonchev–Trinajstić information content (AvgIpc) is 2.12. The van der Waals surface area contributed by atoms with Crippen LogP contribution in [0, 0.1) is 0 Å². The van der Waals surface area contributed by atoms with Crippen LogP contribution in [0.2, 0.25) is 0 Å². The van der Waals surface area contributed by atoms with Gasteiger partial charge in [0, 0.05) is 0 Å². The number of hydrogen-bond acceptors (Lipinski definition) is 2. The molecule has 0 radical (unpaired) electrons. The van der Waals surface area contributed by atoms with Gasteiger partial charge in [0.1, 0.15) is 5.60 Å². The molecule has 0 saturated heterocycles. The molecule has 0 amide bonds. The predicted molar refractivity (Wildman–Crippen MR) is 46.7 cm³/mol. The van der Waals surface area contributed by atoms with Crippen molar-refractivity contribution in [2.75, 3.05) is 0 Å². The Balaban J connectivity index is 5.64. The zero-order chi connectivity index (χ0) is 16.8. The Morgan fingerprint density at radius 2 is 1.10 bits per heavy atom. The van der Waals surface area contributed by atoms with Crippen molar-refractivity contribution >= 4 is 5.97 Å². The van der Waals surface area contributed by atoms with Gasteiger partial charge in [-0.15, -0.1) is 0 Å². The van der Waals surface area contributed by atoms with Crippen LogP contribution in [-0.2, 0) is 9.53 Å². The third-order valence-electron chi connectivity index (χ3n) is 1.80. The second-order valence-corrected chi connectivity index (χ2v) is 4.72. The van der Waals surface area contributed by atoms with Gasteiger partial charge in [0.05, 0.1) is 0 Å². The van der Waals surface area contributed by atoms with Crippen molar-refractivity contribution in [2.24, 2.45) is 0 Å². The minimum Gasteiger partial charge on any atom is -0.455 e. The fourth-order valence-electron chi connectivity index (χ4n) is 0.846. The minimum absolute atomic E-state index is 0.932. The van der Waals surface area contributed by atoms with Crippen LogP contribution in [0.3, 0.4) is 0 Å². The molecule has 0 atom stereocenters. The molecular formula is C9H9F9O2. The third kappa shape index (κ3) is 3.11. The maximum atomic E-state index is 12.9. The molecule has 2 nitrogen and oxygen atoms in total. The summed E-state index contributed by atoms with van der Waals surface area (Å²) >= 11 is 0. The van der Waals surface area contributed by atoms with Crippen molar-refractivity contribution in [2.45, 2.75) is 50.3 Å². The Labute approximate surface area is 106 Å². The number of ether oxygens (including phenoxy) is 1. The smallest absolute Gasteiger partial charge is 0.455 e. The van der Waals surface area contributed by atoms with Crippen LogP contribution in [0.25, 0.3) is 0 Å². The molecule has 0 aliphatic carbocycles. The van der Waals surface area contributed by atoms with E-state index in [2.05, 4.69) is 4.74 Å². The fourth-order valence-corrected chi connectivity index (χ4v) is 0.846. The molecule has 20 heavy (non-hydrogen) atoms. The zero-order valence-corrected chi connectivity index (χ0v) is 10.2. The molecule has 0 unspecified atom stereocenters. The van der Waals surface area contributed by atoms with E-state index in [0.29, 0.717) is 0 Å². The van der Waals surface area contributed by atoms with Crippen molar-refractivity contribution in [3.05, 3.63) is 0 Å². The van der Waals surface area contributed by atoms with E-state index in [-0.39, 0.29) is 0 Å². The highest BCUT2D eigenvalue weighted by atomic mass is 19.4. The summed E-state index contributed by atoms with van der Waals surface area (Å²) in [7, 11) is 0. The van der Waals surface area contributed by atoms with Gasteiger partial charge in [-0.3, -0.25) is 0 Å². The standard InChI is InChI=1S/C9H9F9O2/c1-5(2,3)20-4(19)6(10,11)7(12,13)8(14,15)9(16,17)18/h1-3H3. The van der Waals surface area contributed by atoms with Crippen molar-refractivity contribution in [3.8, 4) is 0 Å². The average molecular weight is 320 g/mol. The van der Waals surface area contributed by atoms with Crippen LogP contribution in [0.4, 0.5) is 39.5 Å². The maximum absolute atomic E-state index is 12.9. The van der Waals surface area contributed by atoms with E-state index in [9.17, 15) is 44.3 Å². The van der Waals surface area contributed by atoms with Crippen molar-refractivity contribution in [3.63, 3.8) is 0 Å². The molecule has 0 aliphatic rings. The highest BCUT2D eigenvalue weighted by molar-refractivity contribution is 5.79. The summed E-state index contributed by atoms with van der Waals surface area (Å²) in [5.41, 5.74) is -1.79. The van der Waals surface area contributed by atoms with E-state index >= 15 is 0 Å². The van der Waals surface area contributed by atoms with E-state index in [0.717, 1.165) is 20.8 Å². The first-order chi connectivity index (χ1) is 8.38. The van der Waals surface area contributed by atoms with Gasteiger partial charge >= 0.3 is 29.9 Å². The third-order valence-corrected chi connectivity index (χ3v) is 1.80. The zero-order valence-electron chi connectivity index (χ0n) is 10.2. The molecule has 0 fully saturated rings. The minimum atomic E-state index is -7.11. The van der Waals surface area contributed by atoms with Crippen LogP contribution >= 0.6 is 0 Å². The molecular weight excluding hydrogens is 311 g/mol. The Kier molecular flexibility index (Phi) is 4.42. The van der Waals surface area contributed by atoms with Crippen LogP contribution < -0.4 is 0 Å². The lowest BCUT2D eigenvalue weighted by Gasteiger charge is -2.33. The Morgan fingerprint density at radius 3 is 1.35 bits per heavy atom. The summed E-state index contributed by atoms with van der Waals surface area (Å²) in [5, 5.41) is 0. The summed E-state index contributed by atoms with van der Waals surface area (Å²) < 4.78 is 115. The van der Waals surface area contributed by atoms with Crippen LogP contribution in [0.5, 0.6) is 0 Å². The number of carbonyl (C=O) groups is 1. The largest absolute Gasteiger partial charge is 0.460 e. The number of alkyl halides is 9. The molecule has 0 aliphatic heterocycles. The SMILES string of the molecule is CC(C)(C)OC(=O)C(F)(F)C(F)(F)C(F)(F)C(F)(F)F. The highest BCUT2D eigenvalue weighted by Crippen LogP contribution is 2.53. The summed E-state index contributed by atoms with van der Waals surface area (Å²) in [6, 6.07) is 0. The molecule has 120 valence electrons. The van der Waals surface area contributed by atoms with Gasteiger partial charge in [-0.2, -0.15) is 39.5 Å². The Morgan fingerprint density at radius 1 is 0.750 bits per heavy atom. The molecule has 0 N–H and O–H groups in total. The van der Waals surface area contributed by atoms with Gasteiger partial charge in [-0.25, -0.2) is 4.79 Å². The van der Waals surface area contributed by atoms with Crippen molar-refractivity contribution in [1.82, 2.24) is 0 Å². The first-order valence-electron chi connectivity index (χ1n) is 4.81. The van der Waals surface area contributed by atoms with E-state index in [1.54, 1.807) is 0 Å². The van der Waals surface area contributed by atoms with Gasteiger partial charge in [-0.1, -0.05) is 0 Å². The van der Waals surface area contributed by atoms with Crippen LogP contribution in [0.1, 0.15) is 20.8 Å². The number of hydrogen-bond donors (Lipinski definition) is 0. The molecule has 0 bridgehead atoms. The van der Waals surface area contributed by atoms with Crippen LogP contribution in [-0.4, -0.2) is 35.5 Å². The van der Waals surface area contributed by atoms with Gasteiger partial charge in [0.15, 0.2) is 0 Å². The van der Waals surface area contributed by atoms with E-state index < -0.39 is 35.5 Å². The van der Waals surface area contributed by atoms with Gasteiger partial charge in [0.25, 0.3) is 0 Å². The quantitative estimate of drug-likeness (QED) is 0.584. The molecule has 0 rings (SSSR count). The Bertz CT molecular complexity index is 378. The predicted octanol–water partition coefficient (Wildman–Crippen LogP) is 3.80. The van der Waals surface area contributed by atoms with E-state index in [1.807, 2.05) is 0 Å². The lowest BCUT2D eigenvalue weighted by molar-refractivity contribution is -0.391. The second-order valence-electron chi connectivity index (χ2n) is 4.72. The molecule has 0 aromatic carbocycles. The molecule has 0 spiro atoms. The summed E-state index contributed by atoms with van der Waals surface area (Å²) in [4.78, 5) is 10.7. The van der Waals surface area contributed by atoms with Gasteiger partial charge in [-0.05, 0) is 20.8 Å². The molecule has 0 heterocycles. The van der Waals surface area contributed by atoms with E-state index in [4.69, 9.17) is 0 Å². The molecule has 11 heteroatoms. The first kappa shape index (κ1) is 18.8. The van der Waals surface area contributed by atoms with Crippen molar-refractivity contribution in [1.29, 1.82) is 0 Å². The summed E-state index contributed by atoms with van der Waals surface area (Å²) in [5.74, 6) is -23.7. The maximum Gasteiger partial charge on any atom is 0.460 e. The van der Waals surface area contributed by atoms with Gasteiger partial charge in [0.2, 0.25) is 0 Å². The molecule has 0 aromatic rings. The van der Waals surface area contributed by atoms with Crippen LogP contribution in [0.15, 0.2) is 0 Å². The topological polar surface area (TPSA) is 26.3 Å². The number of esters is 1. The second kappa shape index (κ2) is 4.69. The Hall–Kier alpha value is -1.16. The lowest BCUT2D eigenvalue weighted by Crippen LogP contribution is -2.64. The lowest BCUT2D eigenvalue weighted by atomic mass is 10.0. The normalized spacial score (nSPS) is 15.2. The van der Waals surface area contributed by atoms with E-state index in [1.165, 1.54) is 0 Å². The first-order valence-corrected chi connectivity index (χ1v) is 4.81. The molecule has 0 saturated carbocycles. The monoisotopic (exact) mass is 320 g/mol. The number of carbonyl (C=O) groups excluding carboxylic acids is 1. The number of halogens is 9. The summed E-state index contributed by atoms with van der Waals surface area (Å²) in [6.45, 7) is 2.79. The number of rotatable bonds is 3. The fraction of sp³-hybridized carbons (Fsp3) is 0.889. The summed E-state index contributed by atoms with van der Waals surface area (Å²) in [6.07, 6.45) is -6.97. The van der Waals surface area contributed by atoms with Crippen molar-refractivity contribution < 1.29 is 49.0 Å².